The Balaban J connectivity index is 0.00000312. The zero-order valence-corrected chi connectivity index (χ0v) is 17.8. The molecule has 1 saturated heterocycles. The number of furan rings is 1. The Morgan fingerprint density at radius 2 is 2.32 bits per heavy atom. The van der Waals surface area contributed by atoms with E-state index in [0.29, 0.717) is 19.1 Å². The van der Waals surface area contributed by atoms with Crippen molar-refractivity contribution in [2.75, 3.05) is 46.4 Å². The molecule has 0 aliphatic carbocycles. The largest absolute Gasteiger partial charge is 0.467 e. The van der Waals surface area contributed by atoms with Gasteiger partial charge in [0, 0.05) is 32.8 Å². The number of halogens is 1. The highest BCUT2D eigenvalue weighted by Gasteiger charge is 2.16. The Labute approximate surface area is 168 Å². The second kappa shape index (κ2) is 13.4. The molecule has 1 fully saturated rings. The molecular weight excluding hydrogens is 431 g/mol. The van der Waals surface area contributed by atoms with Crippen molar-refractivity contribution in [3.63, 3.8) is 0 Å². The van der Waals surface area contributed by atoms with E-state index < -0.39 is 0 Å². The summed E-state index contributed by atoms with van der Waals surface area (Å²) in [4.78, 5) is 7.15. The highest BCUT2D eigenvalue weighted by atomic mass is 127. The SMILES string of the molecule is CCNC(=NCC1CCCN(C)C1)NCCCOCc1ccco1.I. The molecule has 1 aromatic heterocycles. The predicted octanol–water partition coefficient (Wildman–Crippen LogP) is 2.70. The van der Waals surface area contributed by atoms with E-state index in [1.54, 1.807) is 6.26 Å². The lowest BCUT2D eigenvalue weighted by molar-refractivity contribution is 0.105. The molecular formula is C18H33IN4O2. The standard InChI is InChI=1S/C18H32N4O2.HI/c1-3-19-18(21-13-16-7-4-10-22(2)14-16)20-9-6-11-23-15-17-8-5-12-24-17;/h5,8,12,16H,3-4,6-7,9-11,13-15H2,1-2H3,(H2,19,20,21);1H. The van der Waals surface area contributed by atoms with Crippen molar-refractivity contribution >= 4 is 29.9 Å². The van der Waals surface area contributed by atoms with Crippen LogP contribution >= 0.6 is 24.0 Å². The minimum Gasteiger partial charge on any atom is -0.467 e. The fourth-order valence-corrected chi connectivity index (χ4v) is 2.93. The van der Waals surface area contributed by atoms with E-state index in [1.165, 1.54) is 19.4 Å². The van der Waals surface area contributed by atoms with E-state index in [1.807, 2.05) is 12.1 Å². The first-order valence-corrected chi connectivity index (χ1v) is 9.08. The second-order valence-corrected chi connectivity index (χ2v) is 6.40. The highest BCUT2D eigenvalue weighted by molar-refractivity contribution is 14.0. The van der Waals surface area contributed by atoms with E-state index in [2.05, 4.69) is 29.5 Å². The summed E-state index contributed by atoms with van der Waals surface area (Å²) in [5.41, 5.74) is 0. The van der Waals surface area contributed by atoms with E-state index >= 15 is 0 Å². The Kier molecular flexibility index (Phi) is 11.9. The zero-order valence-electron chi connectivity index (χ0n) is 15.5. The molecule has 0 bridgehead atoms. The van der Waals surface area contributed by atoms with Crippen LogP contribution in [0.2, 0.25) is 0 Å². The molecule has 1 aliphatic heterocycles. The summed E-state index contributed by atoms with van der Waals surface area (Å²) in [6.07, 6.45) is 5.18. The number of nitrogens with one attached hydrogen (secondary N) is 2. The van der Waals surface area contributed by atoms with E-state index in [4.69, 9.17) is 14.1 Å². The van der Waals surface area contributed by atoms with Gasteiger partial charge in [0.25, 0.3) is 0 Å². The van der Waals surface area contributed by atoms with Gasteiger partial charge in [-0.25, -0.2) is 0 Å². The van der Waals surface area contributed by atoms with Crippen molar-refractivity contribution in [2.45, 2.75) is 32.8 Å². The van der Waals surface area contributed by atoms with Crippen molar-refractivity contribution in [1.82, 2.24) is 15.5 Å². The molecule has 2 N–H and O–H groups in total. The van der Waals surface area contributed by atoms with Gasteiger partial charge >= 0.3 is 0 Å². The van der Waals surface area contributed by atoms with Crippen LogP contribution in [0.4, 0.5) is 0 Å². The minimum absolute atomic E-state index is 0. The van der Waals surface area contributed by atoms with Crippen LogP contribution in [0, 0.1) is 5.92 Å². The van der Waals surface area contributed by atoms with Gasteiger partial charge < -0.3 is 24.7 Å². The third-order valence-corrected chi connectivity index (χ3v) is 4.16. The molecule has 7 heteroatoms. The summed E-state index contributed by atoms with van der Waals surface area (Å²) >= 11 is 0. The van der Waals surface area contributed by atoms with Gasteiger partial charge in [0.2, 0.25) is 0 Å². The van der Waals surface area contributed by atoms with Crippen LogP contribution in [-0.4, -0.2) is 57.2 Å². The number of hydrogen-bond donors (Lipinski definition) is 2. The smallest absolute Gasteiger partial charge is 0.191 e. The monoisotopic (exact) mass is 464 g/mol. The number of rotatable bonds is 9. The lowest BCUT2D eigenvalue weighted by atomic mass is 9.99. The maximum Gasteiger partial charge on any atom is 0.191 e. The molecule has 2 heterocycles. The summed E-state index contributed by atoms with van der Waals surface area (Å²) in [5.74, 6) is 2.46. The average molecular weight is 464 g/mol. The molecule has 0 spiro atoms. The van der Waals surface area contributed by atoms with E-state index in [0.717, 1.165) is 44.3 Å². The number of aliphatic imine (C=N–C) groups is 1. The second-order valence-electron chi connectivity index (χ2n) is 6.40. The van der Waals surface area contributed by atoms with E-state index in [9.17, 15) is 0 Å². The molecule has 6 nitrogen and oxygen atoms in total. The van der Waals surface area contributed by atoms with Crippen molar-refractivity contribution in [1.29, 1.82) is 0 Å². The van der Waals surface area contributed by atoms with Crippen molar-refractivity contribution in [2.24, 2.45) is 10.9 Å². The molecule has 0 saturated carbocycles. The fraction of sp³-hybridized carbons (Fsp3) is 0.722. The van der Waals surface area contributed by atoms with Gasteiger partial charge in [-0.3, -0.25) is 4.99 Å². The topological polar surface area (TPSA) is 62.0 Å². The average Bonchev–Trinajstić information content (AvgIpc) is 3.09. The maximum absolute atomic E-state index is 5.59. The van der Waals surface area contributed by atoms with Crippen LogP contribution in [0.25, 0.3) is 0 Å². The molecule has 1 atom stereocenters. The van der Waals surface area contributed by atoms with Crippen LogP contribution in [0.3, 0.4) is 0 Å². The lowest BCUT2D eigenvalue weighted by Gasteiger charge is -2.28. The van der Waals surface area contributed by atoms with Crippen LogP contribution < -0.4 is 10.6 Å². The Morgan fingerprint density at radius 1 is 1.44 bits per heavy atom. The first kappa shape index (κ1) is 22.2. The number of ether oxygens (including phenoxy) is 1. The summed E-state index contributed by atoms with van der Waals surface area (Å²) in [6.45, 7) is 8.35. The molecule has 1 aromatic rings. The Bertz CT molecular complexity index is 468. The minimum atomic E-state index is 0. The summed E-state index contributed by atoms with van der Waals surface area (Å²) in [7, 11) is 2.20. The van der Waals surface area contributed by atoms with Gasteiger partial charge in [-0.05, 0) is 57.8 Å². The summed E-state index contributed by atoms with van der Waals surface area (Å²) < 4.78 is 10.8. The normalized spacial score (nSPS) is 18.6. The van der Waals surface area contributed by atoms with Crippen LogP contribution in [0.1, 0.15) is 31.9 Å². The third-order valence-electron chi connectivity index (χ3n) is 4.16. The lowest BCUT2D eigenvalue weighted by Crippen LogP contribution is -2.39. The molecule has 0 amide bonds. The summed E-state index contributed by atoms with van der Waals surface area (Å²) in [6, 6.07) is 3.81. The summed E-state index contributed by atoms with van der Waals surface area (Å²) in [5, 5.41) is 6.70. The van der Waals surface area contributed by atoms with Gasteiger partial charge in [-0.15, -0.1) is 24.0 Å². The first-order chi connectivity index (χ1) is 11.8. The van der Waals surface area contributed by atoms with Crippen LogP contribution in [0.15, 0.2) is 27.8 Å². The van der Waals surface area contributed by atoms with Crippen molar-refractivity contribution in [3.05, 3.63) is 24.2 Å². The van der Waals surface area contributed by atoms with Gasteiger partial charge in [-0.1, -0.05) is 0 Å². The number of guanidine groups is 1. The Hall–Kier alpha value is -0.800. The fourth-order valence-electron chi connectivity index (χ4n) is 2.93. The number of piperidine rings is 1. The predicted molar refractivity (Wildman–Crippen MR) is 113 cm³/mol. The third kappa shape index (κ3) is 9.46. The number of nitrogens with zero attached hydrogens (tertiary/aromatic N) is 2. The molecule has 0 aromatic carbocycles. The van der Waals surface area contributed by atoms with Gasteiger partial charge in [0.1, 0.15) is 12.4 Å². The highest BCUT2D eigenvalue weighted by Crippen LogP contribution is 2.14. The molecule has 1 unspecified atom stereocenters. The molecule has 25 heavy (non-hydrogen) atoms. The molecule has 144 valence electrons. The van der Waals surface area contributed by atoms with Gasteiger partial charge in [-0.2, -0.15) is 0 Å². The van der Waals surface area contributed by atoms with E-state index in [-0.39, 0.29) is 24.0 Å². The first-order valence-electron chi connectivity index (χ1n) is 9.08. The number of hydrogen-bond acceptors (Lipinski definition) is 4. The molecule has 0 radical (unpaired) electrons. The Morgan fingerprint density at radius 3 is 3.04 bits per heavy atom. The zero-order chi connectivity index (χ0) is 17.0. The quantitative estimate of drug-likeness (QED) is 0.255. The van der Waals surface area contributed by atoms with Gasteiger partial charge in [0.15, 0.2) is 5.96 Å². The molecule has 1 aliphatic rings. The van der Waals surface area contributed by atoms with Crippen LogP contribution in [0.5, 0.6) is 0 Å². The van der Waals surface area contributed by atoms with Crippen LogP contribution in [-0.2, 0) is 11.3 Å². The molecule has 2 rings (SSSR count). The van der Waals surface area contributed by atoms with Crippen molar-refractivity contribution in [3.8, 4) is 0 Å². The maximum atomic E-state index is 5.59. The van der Waals surface area contributed by atoms with Gasteiger partial charge in [0.05, 0.1) is 6.26 Å². The number of likely N-dealkylation sites (tertiary alicyclic amines) is 1. The van der Waals surface area contributed by atoms with Crippen molar-refractivity contribution < 1.29 is 9.15 Å².